The lowest BCUT2D eigenvalue weighted by molar-refractivity contribution is 0.0791. The topological polar surface area (TPSA) is 26.7 Å². The minimum Gasteiger partial charge on any atom is -0.392 e. The zero-order valence-electron chi connectivity index (χ0n) is 9.15. The van der Waals surface area contributed by atoms with E-state index in [1.807, 2.05) is 6.92 Å². The number of aliphatic hydroxyl groups excluding tert-OH is 1. The Morgan fingerprint density at radius 3 is 2.21 bits per heavy atom. The molecule has 0 aromatic heterocycles. The summed E-state index contributed by atoms with van der Waals surface area (Å²) in [7, 11) is 0. The zero-order chi connectivity index (χ0) is 9.97. The van der Waals surface area contributed by atoms with Crippen LogP contribution >= 0.6 is 0 Å². The summed E-state index contributed by atoms with van der Waals surface area (Å²) in [5, 5.41) is 9.27. The van der Waals surface area contributed by atoms with E-state index in [2.05, 4.69) is 9.80 Å². The molecule has 1 heterocycles. The van der Waals surface area contributed by atoms with Gasteiger partial charge in [0.1, 0.15) is 0 Å². The van der Waals surface area contributed by atoms with Gasteiger partial charge in [-0.3, -0.25) is 4.90 Å². The Labute approximate surface area is 86.7 Å². The second-order valence-electron chi connectivity index (χ2n) is 4.89. The van der Waals surface area contributed by atoms with Gasteiger partial charge in [0.05, 0.1) is 6.10 Å². The maximum Gasteiger partial charge on any atom is 0.0639 e. The van der Waals surface area contributed by atoms with Crippen molar-refractivity contribution >= 4 is 0 Å². The van der Waals surface area contributed by atoms with Crippen molar-refractivity contribution in [2.45, 2.75) is 25.9 Å². The molecule has 0 unspecified atom stereocenters. The highest BCUT2D eigenvalue weighted by molar-refractivity contribution is 4.80. The van der Waals surface area contributed by atoms with E-state index in [9.17, 15) is 5.11 Å². The highest BCUT2D eigenvalue weighted by Crippen LogP contribution is 2.29. The van der Waals surface area contributed by atoms with Gasteiger partial charge in [-0.1, -0.05) is 0 Å². The van der Waals surface area contributed by atoms with Gasteiger partial charge in [0.2, 0.25) is 0 Å². The lowest BCUT2D eigenvalue weighted by Gasteiger charge is -2.35. The Morgan fingerprint density at radius 1 is 1.14 bits per heavy atom. The molecule has 2 aliphatic rings. The Morgan fingerprint density at radius 2 is 1.71 bits per heavy atom. The molecule has 1 atom stereocenters. The number of aliphatic hydroxyl groups is 1. The van der Waals surface area contributed by atoms with Gasteiger partial charge >= 0.3 is 0 Å². The predicted octanol–water partition coefficient (Wildman–Crippen LogP) is 0.395. The van der Waals surface area contributed by atoms with E-state index in [-0.39, 0.29) is 6.10 Å². The van der Waals surface area contributed by atoms with Crippen LogP contribution in [0.15, 0.2) is 0 Å². The molecule has 0 radical (unpaired) electrons. The Bertz CT molecular complexity index is 160. The first-order chi connectivity index (χ1) is 6.74. The fourth-order valence-corrected chi connectivity index (χ4v) is 2.19. The van der Waals surface area contributed by atoms with Crippen molar-refractivity contribution in [3.63, 3.8) is 0 Å². The van der Waals surface area contributed by atoms with Crippen LogP contribution < -0.4 is 0 Å². The smallest absolute Gasteiger partial charge is 0.0639 e. The molecule has 3 heteroatoms. The molecule has 0 bridgehead atoms. The maximum absolute atomic E-state index is 9.27. The molecule has 2 rings (SSSR count). The van der Waals surface area contributed by atoms with Crippen molar-refractivity contribution < 1.29 is 5.11 Å². The Kier molecular flexibility index (Phi) is 3.42. The van der Waals surface area contributed by atoms with Crippen LogP contribution in [0.4, 0.5) is 0 Å². The van der Waals surface area contributed by atoms with Gasteiger partial charge in [0.15, 0.2) is 0 Å². The van der Waals surface area contributed by atoms with Crippen LogP contribution in [0.1, 0.15) is 19.8 Å². The number of rotatable bonds is 4. The van der Waals surface area contributed by atoms with Crippen LogP contribution in [0, 0.1) is 5.92 Å². The first kappa shape index (κ1) is 10.4. The molecule has 1 aliphatic carbocycles. The van der Waals surface area contributed by atoms with Crippen molar-refractivity contribution in [3.8, 4) is 0 Å². The largest absolute Gasteiger partial charge is 0.392 e. The normalized spacial score (nSPS) is 27.9. The molecule has 1 saturated heterocycles. The third-order valence-corrected chi connectivity index (χ3v) is 3.20. The number of hydrogen-bond donors (Lipinski definition) is 1. The molecule has 3 nitrogen and oxygen atoms in total. The van der Waals surface area contributed by atoms with Gasteiger partial charge in [0.25, 0.3) is 0 Å². The molecule has 14 heavy (non-hydrogen) atoms. The second kappa shape index (κ2) is 4.60. The van der Waals surface area contributed by atoms with Crippen molar-refractivity contribution in [2.24, 2.45) is 5.92 Å². The number of piperazine rings is 1. The van der Waals surface area contributed by atoms with Crippen LogP contribution in [-0.4, -0.2) is 60.3 Å². The molecular formula is C11H22N2O. The van der Waals surface area contributed by atoms with Gasteiger partial charge in [0, 0.05) is 39.3 Å². The summed E-state index contributed by atoms with van der Waals surface area (Å²) < 4.78 is 0. The van der Waals surface area contributed by atoms with Crippen molar-refractivity contribution in [3.05, 3.63) is 0 Å². The monoisotopic (exact) mass is 198 g/mol. The summed E-state index contributed by atoms with van der Waals surface area (Å²) in [5.41, 5.74) is 0. The van der Waals surface area contributed by atoms with E-state index >= 15 is 0 Å². The summed E-state index contributed by atoms with van der Waals surface area (Å²) in [5.74, 6) is 1.01. The molecule has 0 amide bonds. The third-order valence-electron chi connectivity index (χ3n) is 3.20. The zero-order valence-corrected chi connectivity index (χ0v) is 9.15. The minimum atomic E-state index is -0.176. The van der Waals surface area contributed by atoms with Crippen molar-refractivity contribution in [1.29, 1.82) is 0 Å². The van der Waals surface area contributed by atoms with Gasteiger partial charge < -0.3 is 10.0 Å². The third kappa shape index (κ3) is 3.23. The van der Waals surface area contributed by atoms with E-state index in [4.69, 9.17) is 0 Å². The van der Waals surface area contributed by atoms with Crippen LogP contribution in [0.25, 0.3) is 0 Å². The van der Waals surface area contributed by atoms with Crippen LogP contribution in [0.2, 0.25) is 0 Å². The molecular weight excluding hydrogens is 176 g/mol. The van der Waals surface area contributed by atoms with E-state index in [1.54, 1.807) is 0 Å². The Balaban J connectivity index is 1.63. The van der Waals surface area contributed by atoms with Crippen LogP contribution in [0.5, 0.6) is 0 Å². The molecule has 1 saturated carbocycles. The molecule has 0 aromatic carbocycles. The summed E-state index contributed by atoms with van der Waals surface area (Å²) >= 11 is 0. The number of hydrogen-bond acceptors (Lipinski definition) is 3. The molecule has 1 aliphatic heterocycles. The first-order valence-corrected chi connectivity index (χ1v) is 5.87. The molecule has 2 fully saturated rings. The molecule has 1 N–H and O–H groups in total. The molecule has 82 valence electrons. The fourth-order valence-electron chi connectivity index (χ4n) is 2.19. The molecule has 0 aromatic rings. The van der Waals surface area contributed by atoms with Crippen molar-refractivity contribution in [2.75, 3.05) is 39.3 Å². The van der Waals surface area contributed by atoms with E-state index in [1.165, 1.54) is 32.5 Å². The number of nitrogens with zero attached hydrogens (tertiary/aromatic N) is 2. The maximum atomic E-state index is 9.27. The van der Waals surface area contributed by atoms with Gasteiger partial charge in [-0.25, -0.2) is 0 Å². The average Bonchev–Trinajstić information content (AvgIpc) is 2.91. The number of β-amino-alcohol motifs (C(OH)–C–C–N with tert-alkyl or cyclic N) is 1. The second-order valence-corrected chi connectivity index (χ2v) is 4.89. The lowest BCUT2D eigenvalue weighted by Crippen LogP contribution is -2.48. The summed E-state index contributed by atoms with van der Waals surface area (Å²) in [4.78, 5) is 4.95. The van der Waals surface area contributed by atoms with E-state index in [0.717, 1.165) is 25.6 Å². The van der Waals surface area contributed by atoms with Crippen molar-refractivity contribution in [1.82, 2.24) is 9.80 Å². The summed E-state index contributed by atoms with van der Waals surface area (Å²) in [6.07, 6.45) is 2.73. The SMILES string of the molecule is C[C@H](O)CN1CCN(CC2CC2)CC1. The van der Waals surface area contributed by atoms with E-state index < -0.39 is 0 Å². The summed E-state index contributed by atoms with van der Waals surface area (Å²) in [6, 6.07) is 0. The van der Waals surface area contributed by atoms with Crippen LogP contribution in [-0.2, 0) is 0 Å². The first-order valence-electron chi connectivity index (χ1n) is 5.87. The molecule has 0 spiro atoms. The van der Waals surface area contributed by atoms with Gasteiger partial charge in [-0.2, -0.15) is 0 Å². The predicted molar refractivity (Wildman–Crippen MR) is 57.3 cm³/mol. The highest BCUT2D eigenvalue weighted by atomic mass is 16.3. The lowest BCUT2D eigenvalue weighted by atomic mass is 10.2. The summed E-state index contributed by atoms with van der Waals surface area (Å²) in [6.45, 7) is 8.71. The van der Waals surface area contributed by atoms with Crippen LogP contribution in [0.3, 0.4) is 0 Å². The standard InChI is InChI=1S/C11H22N2O/c1-10(14)8-12-4-6-13(7-5-12)9-11-2-3-11/h10-11,14H,2-9H2,1H3/t10-/m0/s1. The quantitative estimate of drug-likeness (QED) is 0.708. The fraction of sp³-hybridized carbons (Fsp3) is 1.00. The van der Waals surface area contributed by atoms with Gasteiger partial charge in [-0.05, 0) is 25.7 Å². The van der Waals surface area contributed by atoms with Gasteiger partial charge in [-0.15, -0.1) is 0 Å². The Hall–Kier alpha value is -0.120. The van der Waals surface area contributed by atoms with E-state index in [0.29, 0.717) is 0 Å². The minimum absolute atomic E-state index is 0.176. The highest BCUT2D eigenvalue weighted by Gasteiger charge is 2.26. The average molecular weight is 198 g/mol.